The molecule has 0 bridgehead atoms. The largest absolute Gasteiger partial charge is 0.392 e. The van der Waals surface area contributed by atoms with Gasteiger partial charge in [-0.05, 0) is 32.4 Å². The number of rotatable bonds is 3. The number of hydrogen-bond acceptors (Lipinski definition) is 4. The third-order valence-electron chi connectivity index (χ3n) is 2.02. The van der Waals surface area contributed by atoms with Gasteiger partial charge >= 0.3 is 0 Å². The number of aliphatic hydroxyl groups is 1. The number of aryl methyl sites for hydroxylation is 2. The molecule has 0 saturated heterocycles. The van der Waals surface area contributed by atoms with Crippen LogP contribution in [-0.2, 0) is 0 Å². The van der Waals surface area contributed by atoms with Gasteiger partial charge in [-0.1, -0.05) is 0 Å². The zero-order valence-electron chi connectivity index (χ0n) is 9.20. The lowest BCUT2D eigenvalue weighted by molar-refractivity contribution is 0.208. The van der Waals surface area contributed by atoms with E-state index in [0.29, 0.717) is 17.9 Å². The van der Waals surface area contributed by atoms with Crippen LogP contribution in [0.25, 0.3) is 0 Å². The number of aromatic nitrogens is 1. The van der Waals surface area contributed by atoms with Crippen molar-refractivity contribution in [2.45, 2.75) is 26.9 Å². The van der Waals surface area contributed by atoms with Crippen molar-refractivity contribution in [3.05, 3.63) is 22.9 Å². The summed E-state index contributed by atoms with van der Waals surface area (Å²) in [6.45, 7) is 5.83. The van der Waals surface area contributed by atoms with E-state index in [1.165, 1.54) is 0 Å². The number of aliphatic hydroxyl groups excluding tert-OH is 1. The fourth-order valence-electron chi connectivity index (χ4n) is 1.35. The molecule has 0 radical (unpaired) electrons. The van der Waals surface area contributed by atoms with E-state index < -0.39 is 6.10 Å². The third-order valence-corrected chi connectivity index (χ3v) is 2.02. The summed E-state index contributed by atoms with van der Waals surface area (Å²) in [6.07, 6.45) is -0.459. The summed E-state index contributed by atoms with van der Waals surface area (Å²) in [6, 6.07) is 3.98. The highest BCUT2D eigenvalue weighted by molar-refractivity contribution is 5.56. The summed E-state index contributed by atoms with van der Waals surface area (Å²) >= 11 is 0. The Morgan fingerprint density at radius 2 is 2.27 bits per heavy atom. The number of pyridine rings is 1. The van der Waals surface area contributed by atoms with E-state index in [2.05, 4.69) is 16.4 Å². The maximum atomic E-state index is 9.14. The van der Waals surface area contributed by atoms with Crippen LogP contribution in [0.3, 0.4) is 0 Å². The van der Waals surface area contributed by atoms with Gasteiger partial charge in [0.15, 0.2) is 0 Å². The second-order valence-electron chi connectivity index (χ2n) is 3.65. The van der Waals surface area contributed by atoms with Crippen LogP contribution in [0.5, 0.6) is 0 Å². The smallest absolute Gasteiger partial charge is 0.144 e. The summed E-state index contributed by atoms with van der Waals surface area (Å²) in [7, 11) is 0. The molecule has 1 heterocycles. The molecule has 15 heavy (non-hydrogen) atoms. The van der Waals surface area contributed by atoms with Crippen molar-refractivity contribution in [2.24, 2.45) is 0 Å². The Balaban J connectivity index is 3.00. The van der Waals surface area contributed by atoms with Gasteiger partial charge in [0.25, 0.3) is 0 Å². The van der Waals surface area contributed by atoms with Crippen molar-refractivity contribution in [1.82, 2.24) is 4.98 Å². The molecule has 0 aromatic carbocycles. The Hall–Kier alpha value is -1.60. The average Bonchev–Trinajstić information content (AvgIpc) is 2.13. The van der Waals surface area contributed by atoms with Gasteiger partial charge in [0, 0.05) is 12.2 Å². The van der Waals surface area contributed by atoms with Gasteiger partial charge in [0.2, 0.25) is 0 Å². The Bertz CT molecular complexity index is 394. The van der Waals surface area contributed by atoms with Crippen molar-refractivity contribution >= 4 is 5.82 Å². The molecule has 4 heteroatoms. The fraction of sp³-hybridized carbons (Fsp3) is 0.455. The highest BCUT2D eigenvalue weighted by atomic mass is 16.3. The van der Waals surface area contributed by atoms with Crippen LogP contribution >= 0.6 is 0 Å². The van der Waals surface area contributed by atoms with Crippen LogP contribution in [0.15, 0.2) is 6.07 Å². The molecule has 1 aromatic rings. The van der Waals surface area contributed by atoms with E-state index in [4.69, 9.17) is 10.4 Å². The van der Waals surface area contributed by atoms with Gasteiger partial charge in [-0.25, -0.2) is 4.98 Å². The Kier molecular flexibility index (Phi) is 3.64. The van der Waals surface area contributed by atoms with Crippen LogP contribution in [0.1, 0.15) is 23.7 Å². The molecule has 0 fully saturated rings. The lowest BCUT2D eigenvalue weighted by atomic mass is 10.1. The minimum absolute atomic E-state index is 0.393. The predicted octanol–water partition coefficient (Wildman–Crippen LogP) is 1.36. The van der Waals surface area contributed by atoms with Crippen LogP contribution in [0, 0.1) is 25.2 Å². The van der Waals surface area contributed by atoms with E-state index in [0.717, 1.165) is 11.3 Å². The predicted molar refractivity (Wildman–Crippen MR) is 58.6 cm³/mol. The first kappa shape index (κ1) is 11.5. The molecule has 0 spiro atoms. The van der Waals surface area contributed by atoms with Crippen LogP contribution in [-0.4, -0.2) is 22.7 Å². The second-order valence-corrected chi connectivity index (χ2v) is 3.65. The number of anilines is 1. The number of hydrogen-bond donors (Lipinski definition) is 2. The molecule has 2 N–H and O–H groups in total. The van der Waals surface area contributed by atoms with Gasteiger partial charge in [-0.2, -0.15) is 5.26 Å². The highest BCUT2D eigenvalue weighted by Gasteiger charge is 2.08. The van der Waals surface area contributed by atoms with Gasteiger partial charge in [0.1, 0.15) is 11.9 Å². The van der Waals surface area contributed by atoms with E-state index in [9.17, 15) is 0 Å². The summed E-state index contributed by atoms with van der Waals surface area (Å²) in [4.78, 5) is 4.23. The topological polar surface area (TPSA) is 68.9 Å². The average molecular weight is 205 g/mol. The Morgan fingerprint density at radius 3 is 2.80 bits per heavy atom. The third kappa shape index (κ3) is 2.93. The molecule has 1 aromatic heterocycles. The monoisotopic (exact) mass is 205 g/mol. The molecule has 0 amide bonds. The van der Waals surface area contributed by atoms with Crippen LogP contribution in [0.4, 0.5) is 5.82 Å². The van der Waals surface area contributed by atoms with E-state index >= 15 is 0 Å². The summed E-state index contributed by atoms with van der Waals surface area (Å²) < 4.78 is 0. The highest BCUT2D eigenvalue weighted by Crippen LogP contribution is 2.17. The summed E-state index contributed by atoms with van der Waals surface area (Å²) in [5.74, 6) is 0.552. The first-order valence-electron chi connectivity index (χ1n) is 4.85. The van der Waals surface area contributed by atoms with E-state index in [1.807, 2.05) is 19.9 Å². The molecule has 0 saturated carbocycles. The van der Waals surface area contributed by atoms with Gasteiger partial charge in [0.05, 0.1) is 11.7 Å². The number of nitrogens with one attached hydrogen (secondary N) is 1. The minimum atomic E-state index is -0.459. The van der Waals surface area contributed by atoms with Gasteiger partial charge in [-0.3, -0.25) is 0 Å². The molecule has 80 valence electrons. The molecule has 0 aliphatic carbocycles. The zero-order valence-corrected chi connectivity index (χ0v) is 9.20. The van der Waals surface area contributed by atoms with Gasteiger partial charge < -0.3 is 10.4 Å². The second kappa shape index (κ2) is 4.76. The van der Waals surface area contributed by atoms with E-state index in [1.54, 1.807) is 6.92 Å². The molecule has 0 aliphatic heterocycles. The van der Waals surface area contributed by atoms with Crippen molar-refractivity contribution in [1.29, 1.82) is 5.26 Å². The van der Waals surface area contributed by atoms with Crippen LogP contribution < -0.4 is 5.32 Å². The number of nitrogens with zero attached hydrogens (tertiary/aromatic N) is 2. The molecule has 1 unspecified atom stereocenters. The van der Waals surface area contributed by atoms with Crippen molar-refractivity contribution in [3.63, 3.8) is 0 Å². The molecule has 1 atom stereocenters. The summed E-state index contributed by atoms with van der Waals surface area (Å²) in [5, 5.41) is 21.1. The fourth-order valence-corrected chi connectivity index (χ4v) is 1.35. The quantitative estimate of drug-likeness (QED) is 0.781. The maximum absolute atomic E-state index is 9.14. The Morgan fingerprint density at radius 1 is 1.60 bits per heavy atom. The molecule has 0 aliphatic rings. The lowest BCUT2D eigenvalue weighted by Gasteiger charge is -2.11. The first-order chi connectivity index (χ1) is 7.04. The number of nitriles is 1. The molecular formula is C11H15N3O. The van der Waals surface area contributed by atoms with Crippen molar-refractivity contribution < 1.29 is 5.11 Å². The summed E-state index contributed by atoms with van der Waals surface area (Å²) in [5.41, 5.74) is 2.30. The lowest BCUT2D eigenvalue weighted by Crippen LogP contribution is -2.17. The molecule has 1 rings (SSSR count). The SMILES string of the molecule is Cc1cc(C)c(C#N)c(NCC(C)O)n1. The van der Waals surface area contributed by atoms with Gasteiger partial charge in [-0.15, -0.1) is 0 Å². The van der Waals surface area contributed by atoms with Crippen molar-refractivity contribution in [2.75, 3.05) is 11.9 Å². The standard InChI is InChI=1S/C11H15N3O/c1-7-4-8(2)14-11(10(7)5-12)13-6-9(3)15/h4,9,15H,6H2,1-3H3,(H,13,14). The molecular weight excluding hydrogens is 190 g/mol. The van der Waals surface area contributed by atoms with Crippen molar-refractivity contribution in [3.8, 4) is 6.07 Å². The van der Waals surface area contributed by atoms with Crippen LogP contribution in [0.2, 0.25) is 0 Å². The maximum Gasteiger partial charge on any atom is 0.144 e. The minimum Gasteiger partial charge on any atom is -0.392 e. The zero-order chi connectivity index (χ0) is 11.4. The Labute approximate surface area is 89.6 Å². The van der Waals surface area contributed by atoms with E-state index in [-0.39, 0.29) is 0 Å². The molecule has 4 nitrogen and oxygen atoms in total. The normalized spacial score (nSPS) is 11.9. The first-order valence-corrected chi connectivity index (χ1v) is 4.85.